The Morgan fingerprint density at radius 2 is 2.19 bits per heavy atom. The molecule has 0 amide bonds. The van der Waals surface area contributed by atoms with E-state index in [0.29, 0.717) is 36.6 Å². The van der Waals surface area contributed by atoms with Gasteiger partial charge >= 0.3 is 0 Å². The van der Waals surface area contributed by atoms with Crippen molar-refractivity contribution in [1.82, 2.24) is 20.5 Å². The Hall–Kier alpha value is -2.71. The number of nitrogens with one attached hydrogen (secondary N) is 2. The molecule has 2 aromatic rings. The van der Waals surface area contributed by atoms with E-state index in [-0.39, 0.29) is 11.9 Å². The van der Waals surface area contributed by atoms with E-state index < -0.39 is 0 Å². The summed E-state index contributed by atoms with van der Waals surface area (Å²) in [4.78, 5) is 11.0. The van der Waals surface area contributed by atoms with Gasteiger partial charge in [0.15, 0.2) is 5.96 Å². The van der Waals surface area contributed by atoms with Crippen molar-refractivity contribution < 1.29 is 13.9 Å². The first-order valence-corrected chi connectivity index (χ1v) is 10.7. The van der Waals surface area contributed by atoms with E-state index in [9.17, 15) is 4.39 Å². The van der Waals surface area contributed by atoms with Gasteiger partial charge in [-0.1, -0.05) is 26.0 Å². The number of ether oxygens (including phenoxy) is 2. The number of aromatic nitrogens is 1. The largest absolute Gasteiger partial charge is 0.439 e. The van der Waals surface area contributed by atoms with Crippen LogP contribution >= 0.6 is 0 Å². The van der Waals surface area contributed by atoms with Crippen molar-refractivity contribution >= 4 is 5.96 Å². The molecule has 1 unspecified atom stereocenters. The smallest absolute Gasteiger partial charge is 0.219 e. The van der Waals surface area contributed by atoms with Crippen LogP contribution < -0.4 is 15.4 Å². The molecule has 7 nitrogen and oxygen atoms in total. The molecule has 1 saturated heterocycles. The molecule has 1 aliphatic rings. The predicted molar refractivity (Wildman–Crippen MR) is 120 cm³/mol. The van der Waals surface area contributed by atoms with E-state index >= 15 is 0 Å². The number of hydrogen-bond acceptors (Lipinski definition) is 5. The van der Waals surface area contributed by atoms with Crippen LogP contribution in [0.25, 0.3) is 0 Å². The third-order valence-electron chi connectivity index (χ3n) is 4.84. The number of guanidine groups is 1. The highest BCUT2D eigenvalue weighted by molar-refractivity contribution is 5.79. The minimum atomic E-state index is -0.344. The Kier molecular flexibility index (Phi) is 8.61. The number of rotatable bonds is 8. The van der Waals surface area contributed by atoms with Crippen LogP contribution in [0.3, 0.4) is 0 Å². The Bertz CT molecular complexity index is 844. The highest BCUT2D eigenvalue weighted by Gasteiger charge is 2.21. The van der Waals surface area contributed by atoms with Crippen LogP contribution in [-0.4, -0.2) is 61.8 Å². The summed E-state index contributed by atoms with van der Waals surface area (Å²) in [7, 11) is 1.75. The summed E-state index contributed by atoms with van der Waals surface area (Å²) in [6, 6.07) is 9.66. The van der Waals surface area contributed by atoms with Crippen LogP contribution in [0, 0.1) is 11.7 Å². The number of aliphatic imine (C=N–C) groups is 1. The van der Waals surface area contributed by atoms with Gasteiger partial charge in [-0.05, 0) is 23.6 Å². The first-order chi connectivity index (χ1) is 15.0. The number of pyridine rings is 1. The SMILES string of the molecule is CN=C(NCc1ccc(Oc2cccc(F)c2)nc1)NCC1CN(CC(C)C)CCO1. The Balaban J connectivity index is 1.43. The second-order valence-electron chi connectivity index (χ2n) is 8.02. The zero-order chi connectivity index (χ0) is 22.1. The summed E-state index contributed by atoms with van der Waals surface area (Å²) < 4.78 is 24.7. The number of hydrogen-bond donors (Lipinski definition) is 2. The van der Waals surface area contributed by atoms with Crippen molar-refractivity contribution in [3.8, 4) is 11.6 Å². The lowest BCUT2D eigenvalue weighted by Gasteiger charge is -2.34. The van der Waals surface area contributed by atoms with Crippen LogP contribution in [0.5, 0.6) is 11.6 Å². The summed E-state index contributed by atoms with van der Waals surface area (Å²) in [6.07, 6.45) is 1.87. The van der Waals surface area contributed by atoms with E-state index in [1.165, 1.54) is 12.1 Å². The summed E-state index contributed by atoms with van der Waals surface area (Å²) in [5, 5.41) is 6.62. The highest BCUT2D eigenvalue weighted by Crippen LogP contribution is 2.20. The second kappa shape index (κ2) is 11.6. The van der Waals surface area contributed by atoms with Gasteiger partial charge in [0, 0.05) is 58.1 Å². The summed E-state index contributed by atoms with van der Waals surface area (Å²) >= 11 is 0. The molecule has 0 aliphatic carbocycles. The standard InChI is InChI=1S/C23H32FN5O2/c1-17(2)15-29-9-10-30-21(16-29)14-28-23(25-3)27-13-18-7-8-22(26-12-18)31-20-6-4-5-19(24)11-20/h4-8,11-12,17,21H,9-10,13-16H2,1-3H3,(H2,25,27,28). The van der Waals surface area contributed by atoms with Gasteiger partial charge in [0.2, 0.25) is 5.88 Å². The molecule has 0 saturated carbocycles. The van der Waals surface area contributed by atoms with Gasteiger partial charge in [-0.15, -0.1) is 0 Å². The number of benzene rings is 1. The number of morpholine rings is 1. The average molecular weight is 430 g/mol. The Morgan fingerprint density at radius 3 is 2.90 bits per heavy atom. The van der Waals surface area contributed by atoms with Gasteiger partial charge in [-0.25, -0.2) is 9.37 Å². The van der Waals surface area contributed by atoms with Gasteiger partial charge in [0.1, 0.15) is 11.6 Å². The zero-order valence-electron chi connectivity index (χ0n) is 18.5. The molecule has 2 N–H and O–H groups in total. The van der Waals surface area contributed by atoms with Gasteiger partial charge in [0.05, 0.1) is 12.7 Å². The fraction of sp³-hybridized carbons (Fsp3) is 0.478. The lowest BCUT2D eigenvalue weighted by molar-refractivity contribution is -0.0284. The van der Waals surface area contributed by atoms with E-state index in [4.69, 9.17) is 9.47 Å². The Morgan fingerprint density at radius 1 is 1.32 bits per heavy atom. The minimum absolute atomic E-state index is 0.145. The molecule has 0 spiro atoms. The molecule has 2 heterocycles. The minimum Gasteiger partial charge on any atom is -0.439 e. The third-order valence-corrected chi connectivity index (χ3v) is 4.84. The number of nitrogens with zero attached hydrogens (tertiary/aromatic N) is 3. The first-order valence-electron chi connectivity index (χ1n) is 10.7. The molecule has 1 aliphatic heterocycles. The van der Waals surface area contributed by atoms with Crippen molar-refractivity contribution in [2.45, 2.75) is 26.5 Å². The molecular weight excluding hydrogens is 397 g/mol. The summed E-state index contributed by atoms with van der Waals surface area (Å²) in [5.74, 6) is 1.85. The molecule has 31 heavy (non-hydrogen) atoms. The van der Waals surface area contributed by atoms with Gasteiger partial charge in [-0.3, -0.25) is 9.89 Å². The molecular formula is C23H32FN5O2. The zero-order valence-corrected chi connectivity index (χ0v) is 18.5. The quantitative estimate of drug-likeness (QED) is 0.497. The normalized spacial score (nSPS) is 17.6. The third kappa shape index (κ3) is 7.80. The van der Waals surface area contributed by atoms with Gasteiger partial charge in [0.25, 0.3) is 0 Å². The lowest BCUT2D eigenvalue weighted by atomic mass is 10.2. The van der Waals surface area contributed by atoms with Crippen molar-refractivity contribution in [1.29, 1.82) is 0 Å². The van der Waals surface area contributed by atoms with Crippen molar-refractivity contribution in [3.63, 3.8) is 0 Å². The Labute approximate surface area is 183 Å². The molecule has 3 rings (SSSR count). The topological polar surface area (TPSA) is 71.0 Å². The lowest BCUT2D eigenvalue weighted by Crippen LogP contribution is -2.50. The molecule has 1 aromatic heterocycles. The van der Waals surface area contributed by atoms with Gasteiger partial charge in [-0.2, -0.15) is 0 Å². The molecule has 0 radical (unpaired) electrons. The van der Waals surface area contributed by atoms with Crippen LogP contribution in [0.15, 0.2) is 47.6 Å². The van der Waals surface area contributed by atoms with Crippen molar-refractivity contribution in [2.75, 3.05) is 39.8 Å². The summed E-state index contributed by atoms with van der Waals surface area (Å²) in [5.41, 5.74) is 0.978. The molecule has 1 fully saturated rings. The molecule has 0 bridgehead atoms. The maximum Gasteiger partial charge on any atom is 0.219 e. The van der Waals surface area contributed by atoms with E-state index in [1.54, 1.807) is 31.4 Å². The predicted octanol–water partition coefficient (Wildman–Crippen LogP) is 3.03. The molecule has 8 heteroatoms. The first kappa shape index (κ1) is 23.0. The molecule has 1 atom stereocenters. The van der Waals surface area contributed by atoms with Gasteiger partial charge < -0.3 is 20.1 Å². The maximum atomic E-state index is 13.3. The molecule has 168 valence electrons. The van der Waals surface area contributed by atoms with Crippen molar-refractivity contribution in [2.24, 2.45) is 10.9 Å². The molecule has 1 aromatic carbocycles. The van der Waals surface area contributed by atoms with E-state index in [1.807, 2.05) is 6.07 Å². The van der Waals surface area contributed by atoms with Crippen molar-refractivity contribution in [3.05, 3.63) is 54.0 Å². The van der Waals surface area contributed by atoms with Crippen LogP contribution in [0.1, 0.15) is 19.4 Å². The maximum absolute atomic E-state index is 13.3. The van der Waals surface area contributed by atoms with Crippen LogP contribution in [0.4, 0.5) is 4.39 Å². The summed E-state index contributed by atoms with van der Waals surface area (Å²) in [6.45, 7) is 9.53. The van der Waals surface area contributed by atoms with Crippen LogP contribution in [-0.2, 0) is 11.3 Å². The highest BCUT2D eigenvalue weighted by atomic mass is 19.1. The second-order valence-corrected chi connectivity index (χ2v) is 8.02. The fourth-order valence-electron chi connectivity index (χ4n) is 3.43. The monoisotopic (exact) mass is 429 g/mol. The number of halogens is 1. The average Bonchev–Trinajstić information content (AvgIpc) is 2.75. The van der Waals surface area contributed by atoms with E-state index in [2.05, 4.69) is 39.4 Å². The fourth-order valence-corrected chi connectivity index (χ4v) is 3.43. The van der Waals surface area contributed by atoms with E-state index in [0.717, 1.165) is 31.8 Å². The van der Waals surface area contributed by atoms with Crippen LogP contribution in [0.2, 0.25) is 0 Å².